The monoisotopic (exact) mass is 272 g/mol. The lowest BCUT2D eigenvalue weighted by Gasteiger charge is -2.25. The van der Waals surface area contributed by atoms with E-state index in [4.69, 9.17) is 4.74 Å². The second-order valence-electron chi connectivity index (χ2n) is 5.47. The molecule has 0 saturated heterocycles. The maximum Gasteiger partial charge on any atom is 0.311 e. The van der Waals surface area contributed by atoms with Crippen LogP contribution in [0.4, 0.5) is 0 Å². The molecular weight excluding hydrogens is 248 g/mol. The summed E-state index contributed by atoms with van der Waals surface area (Å²) in [6.45, 7) is 9.82. The van der Waals surface area contributed by atoms with E-state index in [1.807, 2.05) is 37.3 Å². The quantitative estimate of drug-likeness (QED) is 0.541. The van der Waals surface area contributed by atoms with Crippen molar-refractivity contribution in [3.63, 3.8) is 0 Å². The average Bonchev–Trinajstić information content (AvgIpc) is 2.39. The van der Waals surface area contributed by atoms with E-state index in [1.165, 1.54) is 5.57 Å². The highest BCUT2D eigenvalue weighted by molar-refractivity contribution is 5.73. The van der Waals surface area contributed by atoms with Crippen LogP contribution >= 0.6 is 0 Å². The number of hydrogen-bond acceptors (Lipinski definition) is 2. The van der Waals surface area contributed by atoms with Crippen molar-refractivity contribution in [2.45, 2.75) is 45.6 Å². The number of allylic oxidation sites excluding steroid dienone is 2. The predicted octanol–water partition coefficient (Wildman–Crippen LogP) is 4.46. The molecule has 0 heterocycles. The minimum atomic E-state index is -0.599. The van der Waals surface area contributed by atoms with Gasteiger partial charge in [-0.25, -0.2) is 0 Å². The first-order chi connectivity index (χ1) is 9.45. The fourth-order valence-corrected chi connectivity index (χ4v) is 1.90. The molecule has 0 fully saturated rings. The normalized spacial score (nSPS) is 13.2. The molecule has 0 spiro atoms. The molecule has 0 unspecified atom stereocenters. The first-order valence-corrected chi connectivity index (χ1v) is 6.98. The Balaban J connectivity index is 2.56. The third kappa shape index (κ3) is 5.87. The van der Waals surface area contributed by atoms with Gasteiger partial charge < -0.3 is 4.74 Å². The van der Waals surface area contributed by atoms with E-state index in [2.05, 4.69) is 26.5 Å². The van der Waals surface area contributed by atoms with E-state index < -0.39 is 5.60 Å². The summed E-state index contributed by atoms with van der Waals surface area (Å²) in [4.78, 5) is 12.0. The van der Waals surface area contributed by atoms with Crippen LogP contribution in [0.3, 0.4) is 0 Å². The topological polar surface area (TPSA) is 26.3 Å². The van der Waals surface area contributed by atoms with Crippen molar-refractivity contribution >= 4 is 5.97 Å². The lowest BCUT2D eigenvalue weighted by molar-refractivity contribution is -0.153. The van der Waals surface area contributed by atoms with Crippen LogP contribution in [0.2, 0.25) is 0 Å². The number of carbonyl (C=O) groups is 1. The van der Waals surface area contributed by atoms with E-state index >= 15 is 0 Å². The molecule has 108 valence electrons. The summed E-state index contributed by atoms with van der Waals surface area (Å²) >= 11 is 0. The molecule has 1 rings (SSSR count). The van der Waals surface area contributed by atoms with Crippen LogP contribution in [-0.2, 0) is 16.0 Å². The Kier molecular flexibility index (Phi) is 6.23. The highest BCUT2D eigenvalue weighted by Crippen LogP contribution is 2.21. The molecule has 2 nitrogen and oxygen atoms in total. The smallest absolute Gasteiger partial charge is 0.311 e. The van der Waals surface area contributed by atoms with Crippen molar-refractivity contribution < 1.29 is 9.53 Å². The van der Waals surface area contributed by atoms with Crippen LogP contribution < -0.4 is 0 Å². The van der Waals surface area contributed by atoms with Crippen molar-refractivity contribution in [3.05, 3.63) is 60.2 Å². The molecule has 1 atom stereocenters. The Morgan fingerprint density at radius 2 is 1.95 bits per heavy atom. The first kappa shape index (κ1) is 16.2. The van der Waals surface area contributed by atoms with Gasteiger partial charge in [0.15, 0.2) is 0 Å². The minimum absolute atomic E-state index is 0.212. The number of ether oxygens (including phenoxy) is 1. The molecular formula is C18H24O2. The van der Waals surface area contributed by atoms with Gasteiger partial charge in [0.2, 0.25) is 0 Å². The lowest BCUT2D eigenvalue weighted by atomic mass is 9.99. The largest absolute Gasteiger partial charge is 0.455 e. The fraction of sp³-hybridized carbons (Fsp3) is 0.389. The van der Waals surface area contributed by atoms with Crippen LogP contribution in [0, 0.1) is 0 Å². The van der Waals surface area contributed by atoms with Gasteiger partial charge in [-0.05, 0) is 45.3 Å². The molecule has 1 aromatic rings. The number of rotatable bonds is 7. The van der Waals surface area contributed by atoms with Crippen molar-refractivity contribution in [1.82, 2.24) is 0 Å². The van der Waals surface area contributed by atoms with Gasteiger partial charge >= 0.3 is 5.97 Å². The Bertz CT molecular complexity index is 469. The molecule has 1 aromatic carbocycles. The van der Waals surface area contributed by atoms with Crippen LogP contribution in [-0.4, -0.2) is 11.6 Å². The summed E-state index contributed by atoms with van der Waals surface area (Å²) in [6.07, 6.45) is 5.79. The Labute approximate surface area is 122 Å². The maximum absolute atomic E-state index is 12.0. The summed E-state index contributed by atoms with van der Waals surface area (Å²) < 4.78 is 5.59. The summed E-state index contributed by atoms with van der Waals surface area (Å²) in [6, 6.07) is 9.63. The van der Waals surface area contributed by atoms with E-state index in [1.54, 1.807) is 6.08 Å². The van der Waals surface area contributed by atoms with Gasteiger partial charge in [-0.3, -0.25) is 4.79 Å². The molecule has 0 aromatic heterocycles. The molecule has 0 amide bonds. The van der Waals surface area contributed by atoms with Crippen molar-refractivity contribution in [2.24, 2.45) is 0 Å². The average molecular weight is 272 g/mol. The highest BCUT2D eigenvalue weighted by atomic mass is 16.6. The summed E-state index contributed by atoms with van der Waals surface area (Å²) in [7, 11) is 0. The van der Waals surface area contributed by atoms with Gasteiger partial charge in [-0.1, -0.05) is 48.6 Å². The van der Waals surface area contributed by atoms with Gasteiger partial charge in [-0.15, -0.1) is 0 Å². The summed E-state index contributed by atoms with van der Waals surface area (Å²) in [5.41, 5.74) is 1.64. The molecule has 0 aliphatic heterocycles. The number of benzene rings is 1. The molecule has 0 aliphatic carbocycles. The maximum atomic E-state index is 12.0. The number of hydrogen-bond donors (Lipinski definition) is 0. The van der Waals surface area contributed by atoms with Crippen LogP contribution in [0.25, 0.3) is 0 Å². The SMILES string of the molecule is C=C[C@@](C)(CCC=C(C)C)OC(=O)Cc1ccccc1. The van der Waals surface area contributed by atoms with Gasteiger partial charge in [0.05, 0.1) is 6.42 Å². The molecule has 0 radical (unpaired) electrons. The Morgan fingerprint density at radius 3 is 2.50 bits per heavy atom. The summed E-state index contributed by atoms with van der Waals surface area (Å²) in [5, 5.41) is 0. The zero-order valence-corrected chi connectivity index (χ0v) is 12.7. The minimum Gasteiger partial charge on any atom is -0.455 e. The third-order valence-corrected chi connectivity index (χ3v) is 3.16. The summed E-state index contributed by atoms with van der Waals surface area (Å²) in [5.74, 6) is -0.212. The van der Waals surface area contributed by atoms with E-state index in [0.29, 0.717) is 6.42 Å². The van der Waals surface area contributed by atoms with Gasteiger partial charge in [0.1, 0.15) is 5.60 Å². The van der Waals surface area contributed by atoms with Crippen molar-refractivity contribution in [1.29, 1.82) is 0 Å². The molecule has 2 heteroatoms. The zero-order valence-electron chi connectivity index (χ0n) is 12.7. The molecule has 0 saturated carbocycles. The van der Waals surface area contributed by atoms with Crippen LogP contribution in [0.15, 0.2) is 54.6 Å². The van der Waals surface area contributed by atoms with E-state index in [9.17, 15) is 4.79 Å². The van der Waals surface area contributed by atoms with Crippen molar-refractivity contribution in [2.75, 3.05) is 0 Å². The first-order valence-electron chi connectivity index (χ1n) is 6.98. The number of carbonyl (C=O) groups excluding carboxylic acids is 1. The van der Waals surface area contributed by atoms with Gasteiger partial charge in [0.25, 0.3) is 0 Å². The van der Waals surface area contributed by atoms with Crippen LogP contribution in [0.1, 0.15) is 39.2 Å². The Hall–Kier alpha value is -1.83. The highest BCUT2D eigenvalue weighted by Gasteiger charge is 2.24. The lowest BCUT2D eigenvalue weighted by Crippen LogP contribution is -2.30. The second kappa shape index (κ2) is 7.68. The van der Waals surface area contributed by atoms with Crippen LogP contribution in [0.5, 0.6) is 0 Å². The standard InChI is InChI=1S/C18H24O2/c1-5-18(4,13-9-10-15(2)3)20-17(19)14-16-11-7-6-8-12-16/h5-8,10-12H,1,9,13-14H2,2-4H3/t18-/m0/s1. The second-order valence-corrected chi connectivity index (χ2v) is 5.47. The predicted molar refractivity (Wildman–Crippen MR) is 83.5 cm³/mol. The molecule has 0 aliphatic rings. The Morgan fingerprint density at radius 1 is 1.30 bits per heavy atom. The molecule has 20 heavy (non-hydrogen) atoms. The third-order valence-electron chi connectivity index (χ3n) is 3.16. The number of esters is 1. The van der Waals surface area contributed by atoms with Gasteiger partial charge in [-0.2, -0.15) is 0 Å². The molecule has 0 N–H and O–H groups in total. The van der Waals surface area contributed by atoms with E-state index in [0.717, 1.165) is 18.4 Å². The zero-order chi connectivity index (χ0) is 15.0. The van der Waals surface area contributed by atoms with Crippen molar-refractivity contribution in [3.8, 4) is 0 Å². The fourth-order valence-electron chi connectivity index (χ4n) is 1.90. The van der Waals surface area contributed by atoms with Gasteiger partial charge in [0, 0.05) is 0 Å². The van der Waals surface area contributed by atoms with E-state index in [-0.39, 0.29) is 5.97 Å². The molecule has 0 bridgehead atoms.